The second-order valence-corrected chi connectivity index (χ2v) is 6.05. The van der Waals surface area contributed by atoms with E-state index in [1.54, 1.807) is 11.3 Å². The van der Waals surface area contributed by atoms with Crippen molar-refractivity contribution in [3.63, 3.8) is 0 Å². The van der Waals surface area contributed by atoms with Gasteiger partial charge in [0.15, 0.2) is 0 Å². The molecule has 19 heavy (non-hydrogen) atoms. The van der Waals surface area contributed by atoms with Gasteiger partial charge in [0.25, 0.3) is 0 Å². The average molecular weight is 303 g/mol. The van der Waals surface area contributed by atoms with Crippen molar-refractivity contribution in [3.8, 4) is 0 Å². The number of carbonyl (C=O) groups excluding carboxylic acids is 1. The molecule has 2 rings (SSSR count). The maximum atomic E-state index is 12.5. The van der Waals surface area contributed by atoms with E-state index in [4.69, 9.17) is 0 Å². The summed E-state index contributed by atoms with van der Waals surface area (Å²) in [4.78, 5) is 15.8. The van der Waals surface area contributed by atoms with E-state index >= 15 is 0 Å². The summed E-state index contributed by atoms with van der Waals surface area (Å²) >= 11 is 1.76. The number of halogens is 1. The zero-order chi connectivity index (χ0) is 13.0. The SMILES string of the molecule is CCC1(C(=O)N(C)CCc2cccs2)CCCN1.Cl. The van der Waals surface area contributed by atoms with Crippen molar-refractivity contribution in [2.45, 2.75) is 38.1 Å². The molecule has 0 radical (unpaired) electrons. The molecule has 1 aromatic rings. The molecule has 1 atom stereocenters. The van der Waals surface area contributed by atoms with E-state index in [-0.39, 0.29) is 23.9 Å². The molecule has 1 aliphatic heterocycles. The maximum absolute atomic E-state index is 12.5. The number of nitrogens with zero attached hydrogens (tertiary/aromatic N) is 1. The Kier molecular flexibility index (Phi) is 6.30. The first-order chi connectivity index (χ1) is 8.68. The fourth-order valence-corrected chi connectivity index (χ4v) is 3.34. The zero-order valence-electron chi connectivity index (χ0n) is 11.6. The van der Waals surface area contributed by atoms with Gasteiger partial charge in [0.1, 0.15) is 0 Å². The molecule has 0 bridgehead atoms. The molecule has 1 N–H and O–H groups in total. The Morgan fingerprint density at radius 3 is 2.89 bits per heavy atom. The summed E-state index contributed by atoms with van der Waals surface area (Å²) in [6, 6.07) is 4.19. The van der Waals surface area contributed by atoms with Crippen LogP contribution in [-0.4, -0.2) is 36.5 Å². The van der Waals surface area contributed by atoms with Crippen LogP contribution in [0.5, 0.6) is 0 Å². The minimum Gasteiger partial charge on any atom is -0.344 e. The molecule has 1 saturated heterocycles. The zero-order valence-corrected chi connectivity index (χ0v) is 13.3. The third-order valence-electron chi connectivity index (χ3n) is 3.88. The third kappa shape index (κ3) is 3.71. The molecular weight excluding hydrogens is 280 g/mol. The van der Waals surface area contributed by atoms with Crippen molar-refractivity contribution in [1.29, 1.82) is 0 Å². The third-order valence-corrected chi connectivity index (χ3v) is 4.81. The van der Waals surface area contributed by atoms with Gasteiger partial charge in [0.05, 0.1) is 5.54 Å². The van der Waals surface area contributed by atoms with Crippen LogP contribution < -0.4 is 5.32 Å². The average Bonchev–Trinajstić information content (AvgIpc) is 3.06. The van der Waals surface area contributed by atoms with Crippen LogP contribution in [0.4, 0.5) is 0 Å². The summed E-state index contributed by atoms with van der Waals surface area (Å²) in [6.45, 7) is 3.88. The molecule has 2 heterocycles. The van der Waals surface area contributed by atoms with Crippen LogP contribution in [0.15, 0.2) is 17.5 Å². The Morgan fingerprint density at radius 1 is 1.58 bits per heavy atom. The smallest absolute Gasteiger partial charge is 0.242 e. The molecule has 108 valence electrons. The van der Waals surface area contributed by atoms with Gasteiger partial charge in [0, 0.05) is 18.5 Å². The quantitative estimate of drug-likeness (QED) is 0.907. The standard InChI is InChI=1S/C14H22N2OS.ClH/c1-3-14(8-5-9-15-14)13(17)16(2)10-7-12-6-4-11-18-12;/h4,6,11,15H,3,5,7-10H2,1-2H3;1H. The fraction of sp³-hybridized carbons (Fsp3) is 0.643. The second-order valence-electron chi connectivity index (χ2n) is 5.02. The van der Waals surface area contributed by atoms with Crippen LogP contribution >= 0.6 is 23.7 Å². The summed E-state index contributed by atoms with van der Waals surface area (Å²) in [6.07, 6.45) is 3.93. The van der Waals surface area contributed by atoms with Crippen LogP contribution in [0.25, 0.3) is 0 Å². The van der Waals surface area contributed by atoms with E-state index in [0.29, 0.717) is 0 Å². The van der Waals surface area contributed by atoms with Crippen LogP contribution in [0.3, 0.4) is 0 Å². The number of nitrogens with one attached hydrogen (secondary N) is 1. The van der Waals surface area contributed by atoms with E-state index < -0.39 is 0 Å². The Hall–Kier alpha value is -0.580. The molecule has 1 unspecified atom stereocenters. The Balaban J connectivity index is 0.00000180. The Labute approximate surface area is 125 Å². The van der Waals surface area contributed by atoms with Gasteiger partial charge in [-0.25, -0.2) is 0 Å². The number of likely N-dealkylation sites (N-methyl/N-ethyl adjacent to an activating group) is 1. The fourth-order valence-electron chi connectivity index (χ4n) is 2.64. The lowest BCUT2D eigenvalue weighted by Crippen LogP contribution is -2.53. The Bertz CT molecular complexity index is 388. The van der Waals surface area contributed by atoms with Gasteiger partial charge in [-0.2, -0.15) is 0 Å². The van der Waals surface area contributed by atoms with Gasteiger partial charge in [0.2, 0.25) is 5.91 Å². The number of carbonyl (C=O) groups is 1. The highest BCUT2D eigenvalue weighted by molar-refractivity contribution is 7.09. The molecule has 5 heteroatoms. The molecular formula is C14H23ClN2OS. The number of rotatable bonds is 5. The first kappa shape index (κ1) is 16.5. The number of hydrogen-bond donors (Lipinski definition) is 1. The number of thiophene rings is 1. The number of hydrogen-bond acceptors (Lipinski definition) is 3. The molecule has 1 aliphatic rings. The highest BCUT2D eigenvalue weighted by atomic mass is 35.5. The molecule has 0 aliphatic carbocycles. The van der Waals surface area contributed by atoms with Gasteiger partial charge in [-0.3, -0.25) is 4.79 Å². The van der Waals surface area contributed by atoms with Crippen LogP contribution in [0.2, 0.25) is 0 Å². The summed E-state index contributed by atoms with van der Waals surface area (Å²) in [5, 5.41) is 5.49. The first-order valence-electron chi connectivity index (χ1n) is 6.71. The van der Waals surface area contributed by atoms with E-state index in [2.05, 4.69) is 29.8 Å². The van der Waals surface area contributed by atoms with Gasteiger partial charge in [-0.05, 0) is 43.7 Å². The van der Waals surface area contributed by atoms with Gasteiger partial charge in [-0.1, -0.05) is 13.0 Å². The van der Waals surface area contributed by atoms with Crippen molar-refractivity contribution in [1.82, 2.24) is 10.2 Å². The minimum absolute atomic E-state index is 0. The molecule has 1 amide bonds. The van der Waals surface area contributed by atoms with E-state index in [1.165, 1.54) is 4.88 Å². The minimum atomic E-state index is -0.288. The summed E-state index contributed by atoms with van der Waals surface area (Å²) in [5.41, 5.74) is -0.288. The van der Waals surface area contributed by atoms with Crippen LogP contribution in [0, 0.1) is 0 Å². The van der Waals surface area contributed by atoms with E-state index in [1.807, 2.05) is 11.9 Å². The van der Waals surface area contributed by atoms with Gasteiger partial charge in [-0.15, -0.1) is 23.7 Å². The highest BCUT2D eigenvalue weighted by Gasteiger charge is 2.40. The lowest BCUT2D eigenvalue weighted by atomic mass is 9.92. The number of amides is 1. The normalized spacial score (nSPS) is 22.0. The molecule has 1 aromatic heterocycles. The van der Waals surface area contributed by atoms with Crippen molar-refractivity contribution < 1.29 is 4.79 Å². The molecule has 0 spiro atoms. The lowest BCUT2D eigenvalue weighted by molar-refractivity contribution is -0.136. The van der Waals surface area contributed by atoms with Crippen molar-refractivity contribution >= 4 is 29.7 Å². The van der Waals surface area contributed by atoms with E-state index in [0.717, 1.165) is 38.8 Å². The monoisotopic (exact) mass is 302 g/mol. The lowest BCUT2D eigenvalue weighted by Gasteiger charge is -2.31. The molecule has 3 nitrogen and oxygen atoms in total. The summed E-state index contributed by atoms with van der Waals surface area (Å²) < 4.78 is 0. The molecule has 0 aromatic carbocycles. The first-order valence-corrected chi connectivity index (χ1v) is 7.59. The molecule has 0 saturated carbocycles. The Morgan fingerprint density at radius 2 is 2.37 bits per heavy atom. The summed E-state index contributed by atoms with van der Waals surface area (Å²) in [7, 11) is 1.92. The predicted octanol–water partition coefficient (Wildman–Crippen LogP) is 2.70. The van der Waals surface area contributed by atoms with Gasteiger partial charge < -0.3 is 10.2 Å². The van der Waals surface area contributed by atoms with E-state index in [9.17, 15) is 4.79 Å². The van der Waals surface area contributed by atoms with Crippen molar-refractivity contribution in [3.05, 3.63) is 22.4 Å². The van der Waals surface area contributed by atoms with Crippen molar-refractivity contribution in [2.75, 3.05) is 20.1 Å². The van der Waals surface area contributed by atoms with Crippen LogP contribution in [-0.2, 0) is 11.2 Å². The van der Waals surface area contributed by atoms with Gasteiger partial charge >= 0.3 is 0 Å². The predicted molar refractivity (Wildman–Crippen MR) is 83.2 cm³/mol. The second kappa shape index (κ2) is 7.27. The summed E-state index contributed by atoms with van der Waals surface area (Å²) in [5.74, 6) is 0.263. The van der Waals surface area contributed by atoms with Crippen LogP contribution in [0.1, 0.15) is 31.1 Å². The highest BCUT2D eigenvalue weighted by Crippen LogP contribution is 2.25. The topological polar surface area (TPSA) is 32.3 Å². The largest absolute Gasteiger partial charge is 0.344 e. The maximum Gasteiger partial charge on any atom is 0.242 e. The molecule has 1 fully saturated rings. The van der Waals surface area contributed by atoms with Crippen molar-refractivity contribution in [2.24, 2.45) is 0 Å².